The summed E-state index contributed by atoms with van der Waals surface area (Å²) in [7, 11) is 1.25. The number of rotatable bonds is 10. The lowest BCUT2D eigenvalue weighted by atomic mass is 10.0. The summed E-state index contributed by atoms with van der Waals surface area (Å²) < 4.78 is 5.81. The summed E-state index contributed by atoms with van der Waals surface area (Å²) in [5.74, 6) is -2.17. The number of hydrogen-bond acceptors (Lipinski definition) is 11. The molecule has 5 N–H and O–H groups in total. The van der Waals surface area contributed by atoms with Gasteiger partial charge in [0.1, 0.15) is 24.2 Å². The highest BCUT2D eigenvalue weighted by Gasteiger charge is 2.54. The van der Waals surface area contributed by atoms with Gasteiger partial charge in [-0.15, -0.1) is 11.8 Å². The van der Waals surface area contributed by atoms with Crippen LogP contribution in [0.4, 0.5) is 5.13 Å². The minimum atomic E-state index is -1.21. The first-order valence-corrected chi connectivity index (χ1v) is 12.7. The molecule has 2 aliphatic rings. The van der Waals surface area contributed by atoms with Crippen LogP contribution in [0.2, 0.25) is 0 Å². The number of nitrogens with two attached hydrogens (primary N) is 1. The third-order valence-electron chi connectivity index (χ3n) is 5.50. The van der Waals surface area contributed by atoms with Crippen molar-refractivity contribution in [3.63, 3.8) is 0 Å². The van der Waals surface area contributed by atoms with Crippen molar-refractivity contribution in [3.8, 4) is 0 Å². The van der Waals surface area contributed by atoms with Crippen molar-refractivity contribution in [3.05, 3.63) is 47.2 Å². The Kier molecular flexibility index (Phi) is 7.81. The van der Waals surface area contributed by atoms with Crippen LogP contribution in [0.5, 0.6) is 0 Å². The van der Waals surface area contributed by atoms with Crippen molar-refractivity contribution in [1.82, 2.24) is 19.6 Å². The quantitative estimate of drug-likeness (QED) is 0.129. The van der Waals surface area contributed by atoms with E-state index in [1.807, 2.05) is 29.1 Å². The molecule has 4 rings (SSSR count). The maximum atomic E-state index is 13.0. The van der Waals surface area contributed by atoms with Crippen LogP contribution in [0.1, 0.15) is 17.8 Å². The number of carbonyl (C=O) groups is 3. The van der Waals surface area contributed by atoms with Gasteiger partial charge in [0.2, 0.25) is 11.5 Å². The molecular weight excluding hydrogens is 510 g/mol. The van der Waals surface area contributed by atoms with E-state index in [1.165, 1.54) is 23.8 Å². The predicted octanol–water partition coefficient (Wildman–Crippen LogP) is -0.878. The van der Waals surface area contributed by atoms with Crippen LogP contribution >= 0.6 is 23.3 Å². The van der Waals surface area contributed by atoms with Crippen LogP contribution in [-0.4, -0.2) is 78.9 Å². The van der Waals surface area contributed by atoms with Crippen LogP contribution in [0.3, 0.4) is 0 Å². The van der Waals surface area contributed by atoms with Gasteiger partial charge in [-0.25, -0.2) is 9.36 Å². The maximum Gasteiger partial charge on any atom is 0.352 e. The first kappa shape index (κ1) is 25.5. The lowest BCUT2D eigenvalue weighted by molar-refractivity contribution is -0.689. The first-order chi connectivity index (χ1) is 17.3. The minimum Gasteiger partial charge on any atom is -0.477 e. The molecule has 0 spiro atoms. The number of aliphatic hydroxyl groups excluding tert-OH is 1. The predicted molar refractivity (Wildman–Crippen MR) is 130 cm³/mol. The molecule has 0 radical (unpaired) electrons. The number of amides is 2. The number of β-lactam (4-membered cyclic amide) rings is 1. The Hall–Kier alpha value is -3.56. The number of nitrogens with zero attached hydrogens (tertiary/aromatic N) is 5. The zero-order chi connectivity index (χ0) is 25.8. The van der Waals surface area contributed by atoms with E-state index in [-0.39, 0.29) is 35.5 Å². The smallest absolute Gasteiger partial charge is 0.352 e. The molecule has 2 aromatic heterocycles. The number of aromatic nitrogens is 3. The zero-order valence-electron chi connectivity index (χ0n) is 19.2. The number of carbonyl (C=O) groups excluding carboxylic acids is 2. The number of nitrogens with one attached hydrogen (secondary N) is 1. The molecule has 1 saturated heterocycles. The van der Waals surface area contributed by atoms with E-state index in [0.717, 1.165) is 17.1 Å². The van der Waals surface area contributed by atoms with Gasteiger partial charge in [0, 0.05) is 41.1 Å². The SMILES string of the molecule is CON=C(C(=O)NC1C(=O)N2C(C(=O)O)=C(C[n+]3cccc(CCCO)c3)CS[C@@H]12)c1nsc(N)n1. The highest BCUT2D eigenvalue weighted by molar-refractivity contribution is 8.00. The van der Waals surface area contributed by atoms with Gasteiger partial charge in [-0.1, -0.05) is 5.16 Å². The second-order valence-electron chi connectivity index (χ2n) is 7.91. The van der Waals surface area contributed by atoms with Gasteiger partial charge in [-0.3, -0.25) is 14.5 Å². The Morgan fingerprint density at radius 2 is 2.25 bits per heavy atom. The normalized spacial score (nSPS) is 19.6. The van der Waals surface area contributed by atoms with E-state index in [1.54, 1.807) is 0 Å². The number of aliphatic hydroxyl groups is 1. The van der Waals surface area contributed by atoms with Crippen LogP contribution < -0.4 is 15.6 Å². The molecule has 36 heavy (non-hydrogen) atoms. The molecule has 2 aromatic rings. The van der Waals surface area contributed by atoms with E-state index < -0.39 is 29.2 Å². The van der Waals surface area contributed by atoms with Gasteiger partial charge in [-0.05, 0) is 18.9 Å². The van der Waals surface area contributed by atoms with Gasteiger partial charge in [0.05, 0.1) is 0 Å². The number of nitrogen functional groups attached to an aromatic ring is 1. The number of fused-ring (bicyclic) bond motifs is 1. The molecule has 2 aliphatic heterocycles. The molecule has 2 amide bonds. The van der Waals surface area contributed by atoms with Gasteiger partial charge < -0.3 is 26.1 Å². The van der Waals surface area contributed by atoms with Crippen molar-refractivity contribution in [2.45, 2.75) is 30.8 Å². The second kappa shape index (κ2) is 11.0. The molecule has 2 atom stereocenters. The number of hydrogen-bond donors (Lipinski definition) is 4. The van der Waals surface area contributed by atoms with Crippen molar-refractivity contribution in [2.24, 2.45) is 5.16 Å². The van der Waals surface area contributed by atoms with Crippen LogP contribution in [0.25, 0.3) is 0 Å². The third-order valence-corrected chi connectivity index (χ3v) is 7.39. The van der Waals surface area contributed by atoms with Crippen molar-refractivity contribution >= 4 is 51.9 Å². The Bertz CT molecular complexity index is 1250. The Morgan fingerprint density at radius 1 is 1.44 bits per heavy atom. The van der Waals surface area contributed by atoms with E-state index in [4.69, 9.17) is 15.7 Å². The number of carboxylic acids is 1. The maximum absolute atomic E-state index is 13.0. The molecule has 13 nitrogen and oxygen atoms in total. The van der Waals surface area contributed by atoms with Crippen molar-refractivity contribution in [2.75, 3.05) is 25.2 Å². The molecule has 190 valence electrons. The monoisotopic (exact) mass is 534 g/mol. The second-order valence-corrected chi connectivity index (χ2v) is 9.80. The number of aliphatic carboxylic acids is 1. The summed E-state index contributed by atoms with van der Waals surface area (Å²) in [5, 5.41) is 24.8. The summed E-state index contributed by atoms with van der Waals surface area (Å²) in [4.78, 5) is 47.8. The average molecular weight is 535 g/mol. The fourth-order valence-corrected chi connectivity index (χ4v) is 5.72. The number of carboxylic acid groups (broad SMARTS) is 1. The van der Waals surface area contributed by atoms with Gasteiger partial charge >= 0.3 is 5.97 Å². The Balaban J connectivity index is 1.51. The van der Waals surface area contributed by atoms with Gasteiger partial charge in [0.15, 0.2) is 24.1 Å². The van der Waals surface area contributed by atoms with Gasteiger partial charge in [0.25, 0.3) is 11.8 Å². The Morgan fingerprint density at radius 3 is 2.92 bits per heavy atom. The fraction of sp³-hybridized carbons (Fsp3) is 0.381. The number of anilines is 1. The molecular formula is C21H24N7O6S2+. The average Bonchev–Trinajstić information content (AvgIpc) is 3.29. The number of pyridine rings is 1. The van der Waals surface area contributed by atoms with E-state index in [9.17, 15) is 19.5 Å². The van der Waals surface area contributed by atoms with E-state index in [2.05, 4.69) is 19.8 Å². The zero-order valence-corrected chi connectivity index (χ0v) is 20.8. The van der Waals surface area contributed by atoms with Crippen molar-refractivity contribution < 1.29 is 34.0 Å². The molecule has 1 fully saturated rings. The molecule has 4 heterocycles. The lowest BCUT2D eigenvalue weighted by Crippen LogP contribution is -2.71. The number of oxime groups is 1. The summed E-state index contributed by atoms with van der Waals surface area (Å²) in [6.45, 7) is 0.375. The number of thioether (sulfide) groups is 1. The largest absolute Gasteiger partial charge is 0.477 e. The van der Waals surface area contributed by atoms with Crippen LogP contribution in [0, 0.1) is 0 Å². The molecule has 0 aliphatic carbocycles. The summed E-state index contributed by atoms with van der Waals surface area (Å²) in [6, 6.07) is 2.84. The molecule has 15 heteroatoms. The lowest BCUT2D eigenvalue weighted by Gasteiger charge is -2.49. The standard InChI is InChI=1S/C21H23N7O6S2/c1-34-25-13(16-24-21(22)36-26-16)17(30)23-14-18(31)28-15(20(32)33)12(10-35-19(14)28)9-27-6-2-4-11(8-27)5-3-7-29/h2,4,6,8,14,19,29H,3,5,7,9-10H2,1H3,(H3-,22,23,24,26,30,32,33)/p+1/t14?,19-/m0/s1. The highest BCUT2D eigenvalue weighted by atomic mass is 32.2. The van der Waals surface area contributed by atoms with Gasteiger partial charge in [-0.2, -0.15) is 9.36 Å². The molecule has 0 aromatic carbocycles. The first-order valence-electron chi connectivity index (χ1n) is 10.8. The molecule has 1 unspecified atom stereocenters. The highest BCUT2D eigenvalue weighted by Crippen LogP contribution is 2.40. The van der Waals surface area contributed by atoms with Crippen LogP contribution in [-0.2, 0) is 32.2 Å². The summed E-state index contributed by atoms with van der Waals surface area (Å²) in [5.41, 5.74) is 6.85. The minimum absolute atomic E-state index is 0.0385. The van der Waals surface area contributed by atoms with E-state index in [0.29, 0.717) is 24.2 Å². The summed E-state index contributed by atoms with van der Waals surface area (Å²) in [6.07, 6.45) is 5.05. The topological polar surface area (TPSA) is 184 Å². The fourth-order valence-electron chi connectivity index (χ4n) is 3.95. The van der Waals surface area contributed by atoms with E-state index >= 15 is 0 Å². The third kappa shape index (κ3) is 5.17. The van der Waals surface area contributed by atoms with Crippen LogP contribution in [0.15, 0.2) is 41.0 Å². The molecule has 0 bridgehead atoms. The summed E-state index contributed by atoms with van der Waals surface area (Å²) >= 11 is 2.24. The number of aryl methyl sites for hydroxylation is 1. The Labute approximate surface area is 213 Å². The van der Waals surface area contributed by atoms with Crippen molar-refractivity contribution in [1.29, 1.82) is 0 Å². The molecule has 0 saturated carbocycles.